The average molecular weight is 560 g/mol. The Bertz CT molecular complexity index is 1820. The quantitative estimate of drug-likeness (QED) is 0.293. The first-order valence-corrected chi connectivity index (χ1v) is 14.7. The smallest absolute Gasteiger partial charge is 0.176 e. The van der Waals surface area contributed by atoms with Crippen LogP contribution in [0, 0.1) is 26.6 Å². The van der Waals surface area contributed by atoms with Gasteiger partial charge in [-0.3, -0.25) is 0 Å². The van der Waals surface area contributed by atoms with E-state index in [1.165, 1.54) is 12.1 Å². The summed E-state index contributed by atoms with van der Waals surface area (Å²) in [7, 11) is -3.80. The second kappa shape index (κ2) is 10.4. The zero-order valence-electron chi connectivity index (χ0n) is 22.9. The molecule has 8 nitrogen and oxygen atoms in total. The Balaban J connectivity index is 1.73. The van der Waals surface area contributed by atoms with Crippen molar-refractivity contribution in [1.82, 2.24) is 24.5 Å². The maximum Gasteiger partial charge on any atom is 0.176 e. The fourth-order valence-corrected chi connectivity index (χ4v) is 5.90. The van der Waals surface area contributed by atoms with E-state index in [9.17, 15) is 13.5 Å². The van der Waals surface area contributed by atoms with E-state index in [1.807, 2.05) is 43.7 Å². The molecule has 1 N–H and O–H groups in total. The summed E-state index contributed by atoms with van der Waals surface area (Å²) in [4.78, 5) is 4.31. The summed E-state index contributed by atoms with van der Waals surface area (Å²) in [6.45, 7) is 7.21. The van der Waals surface area contributed by atoms with Crippen LogP contribution in [0.15, 0.2) is 71.9 Å². The summed E-state index contributed by atoms with van der Waals surface area (Å²) in [6, 6.07) is 16.4. The molecular formula is C30H30FN5O3S. The lowest BCUT2D eigenvalue weighted by Crippen LogP contribution is -2.11. The molecule has 2 heterocycles. The van der Waals surface area contributed by atoms with Crippen molar-refractivity contribution < 1.29 is 17.9 Å². The minimum atomic E-state index is -3.80. The summed E-state index contributed by atoms with van der Waals surface area (Å²) in [5, 5.41) is 18.3. The molecule has 0 aliphatic heterocycles. The Morgan fingerprint density at radius 2 is 1.70 bits per heavy atom. The Morgan fingerprint density at radius 3 is 2.33 bits per heavy atom. The van der Waals surface area contributed by atoms with Crippen molar-refractivity contribution >= 4 is 9.84 Å². The van der Waals surface area contributed by atoms with Gasteiger partial charge >= 0.3 is 0 Å². The zero-order chi connectivity index (χ0) is 28.8. The normalized spacial score (nSPS) is 12.6. The lowest BCUT2D eigenvalue weighted by atomic mass is 9.96. The molecule has 5 rings (SSSR count). The number of halogens is 1. The number of sulfone groups is 1. The van der Waals surface area contributed by atoms with E-state index in [0.29, 0.717) is 16.8 Å². The van der Waals surface area contributed by atoms with Gasteiger partial charge in [-0.25, -0.2) is 22.5 Å². The molecule has 2 aromatic heterocycles. The lowest BCUT2D eigenvalue weighted by molar-refractivity contribution is 0.272. The van der Waals surface area contributed by atoms with Crippen LogP contribution < -0.4 is 0 Å². The largest absolute Gasteiger partial charge is 0.392 e. The van der Waals surface area contributed by atoms with Gasteiger partial charge < -0.3 is 9.67 Å². The molecule has 3 aromatic carbocycles. The van der Waals surface area contributed by atoms with Crippen molar-refractivity contribution in [3.05, 3.63) is 107 Å². The number of rotatable bonds is 7. The highest BCUT2D eigenvalue weighted by Gasteiger charge is 2.22. The first-order valence-electron chi connectivity index (χ1n) is 12.8. The number of aryl methyl sites for hydroxylation is 3. The fourth-order valence-electron chi connectivity index (χ4n) is 4.95. The molecule has 5 aromatic rings. The zero-order valence-corrected chi connectivity index (χ0v) is 23.7. The van der Waals surface area contributed by atoms with E-state index < -0.39 is 22.3 Å². The van der Waals surface area contributed by atoms with Crippen molar-refractivity contribution in [3.8, 4) is 22.5 Å². The number of benzene rings is 3. The van der Waals surface area contributed by atoms with Crippen LogP contribution in [0.5, 0.6) is 0 Å². The van der Waals surface area contributed by atoms with Gasteiger partial charge in [0.15, 0.2) is 9.84 Å². The van der Waals surface area contributed by atoms with E-state index in [2.05, 4.69) is 46.5 Å². The maximum atomic E-state index is 15.0. The standard InChI is InChI=1S/C30H30FN5O3S/c1-18-6-8-22(9-7-18)20(3)29-15-32-34-36(29)28-13-23(10-11-27(28)35-16-19(2)33-21(35)4)24-12-26(31)25(17-37)30(14-24)40(5,38)39/h6-16,20,37H,17H2,1-5H3. The summed E-state index contributed by atoms with van der Waals surface area (Å²) >= 11 is 0. The van der Waals surface area contributed by atoms with Gasteiger partial charge in [0, 0.05) is 23.9 Å². The minimum absolute atomic E-state index is 0.0455. The van der Waals surface area contributed by atoms with Crippen LogP contribution in [0.3, 0.4) is 0 Å². The van der Waals surface area contributed by atoms with Crippen LogP contribution in [0.2, 0.25) is 0 Å². The molecule has 1 unspecified atom stereocenters. The Labute approximate surface area is 232 Å². The van der Waals surface area contributed by atoms with Gasteiger partial charge in [0.2, 0.25) is 0 Å². The third-order valence-corrected chi connectivity index (χ3v) is 8.27. The van der Waals surface area contributed by atoms with Crippen LogP contribution >= 0.6 is 0 Å². The molecule has 0 aliphatic carbocycles. The molecule has 0 aliphatic rings. The Kier molecular flexibility index (Phi) is 7.16. The van der Waals surface area contributed by atoms with Crippen LogP contribution in [0.4, 0.5) is 4.39 Å². The van der Waals surface area contributed by atoms with E-state index in [0.717, 1.165) is 40.3 Å². The monoisotopic (exact) mass is 559 g/mol. The first-order chi connectivity index (χ1) is 19.0. The van der Waals surface area contributed by atoms with Crippen LogP contribution in [-0.2, 0) is 16.4 Å². The van der Waals surface area contributed by atoms with Gasteiger partial charge in [-0.05, 0) is 61.7 Å². The third-order valence-electron chi connectivity index (χ3n) is 7.11. The van der Waals surface area contributed by atoms with Crippen LogP contribution in [-0.4, -0.2) is 44.3 Å². The minimum Gasteiger partial charge on any atom is -0.392 e. The van der Waals surface area contributed by atoms with Crippen molar-refractivity contribution in [2.75, 3.05) is 6.26 Å². The molecule has 0 spiro atoms. The molecule has 10 heteroatoms. The molecule has 0 amide bonds. The number of imidazole rings is 1. The van der Waals surface area contributed by atoms with Gasteiger partial charge in [-0.2, -0.15) is 0 Å². The SMILES string of the molecule is Cc1ccc(C(C)c2cnnn2-c2cc(-c3cc(F)c(CO)c(S(C)(=O)=O)c3)ccc2-n2cc(C)nc2C)cc1. The topological polar surface area (TPSA) is 103 Å². The average Bonchev–Trinajstić information content (AvgIpc) is 3.53. The second-order valence-corrected chi connectivity index (χ2v) is 12.1. The number of aliphatic hydroxyl groups is 1. The molecule has 0 saturated carbocycles. The number of aromatic nitrogens is 5. The molecule has 206 valence electrons. The summed E-state index contributed by atoms with van der Waals surface area (Å²) in [6.07, 6.45) is 4.65. The second-order valence-electron chi connectivity index (χ2n) is 10.1. The molecule has 0 saturated heterocycles. The fraction of sp³-hybridized carbons (Fsp3) is 0.233. The molecule has 1 atom stereocenters. The highest BCUT2D eigenvalue weighted by Crippen LogP contribution is 2.34. The van der Waals surface area contributed by atoms with E-state index >= 15 is 4.39 Å². The van der Waals surface area contributed by atoms with Crippen LogP contribution in [0.1, 0.15) is 46.7 Å². The van der Waals surface area contributed by atoms with E-state index in [1.54, 1.807) is 16.9 Å². The van der Waals surface area contributed by atoms with Crippen molar-refractivity contribution in [3.63, 3.8) is 0 Å². The van der Waals surface area contributed by atoms with Crippen molar-refractivity contribution in [1.29, 1.82) is 0 Å². The van der Waals surface area contributed by atoms with Gasteiger partial charge in [0.25, 0.3) is 0 Å². The molecule has 0 radical (unpaired) electrons. The van der Waals surface area contributed by atoms with E-state index in [4.69, 9.17) is 0 Å². The molecular weight excluding hydrogens is 529 g/mol. The van der Waals surface area contributed by atoms with Crippen LogP contribution in [0.25, 0.3) is 22.5 Å². The number of nitrogens with zero attached hydrogens (tertiary/aromatic N) is 5. The molecule has 0 fully saturated rings. The van der Waals surface area contributed by atoms with Crippen molar-refractivity contribution in [2.45, 2.75) is 45.1 Å². The van der Waals surface area contributed by atoms with Gasteiger partial charge in [0.1, 0.15) is 11.6 Å². The Morgan fingerprint density at radius 1 is 0.975 bits per heavy atom. The van der Waals surface area contributed by atoms with Gasteiger partial charge in [-0.15, -0.1) is 5.10 Å². The third kappa shape index (κ3) is 5.07. The number of hydrogen-bond donors (Lipinski definition) is 1. The van der Waals surface area contributed by atoms with Gasteiger partial charge in [0.05, 0.1) is 40.5 Å². The predicted octanol–water partition coefficient (Wildman–Crippen LogP) is 5.23. The molecule has 40 heavy (non-hydrogen) atoms. The summed E-state index contributed by atoms with van der Waals surface area (Å²) < 4.78 is 43.6. The Hall–Kier alpha value is -4.15. The van der Waals surface area contributed by atoms with Gasteiger partial charge in [-0.1, -0.05) is 48.0 Å². The highest BCUT2D eigenvalue weighted by molar-refractivity contribution is 7.90. The molecule has 0 bridgehead atoms. The highest BCUT2D eigenvalue weighted by atomic mass is 32.2. The lowest BCUT2D eigenvalue weighted by Gasteiger charge is -2.19. The summed E-state index contributed by atoms with van der Waals surface area (Å²) in [5.74, 6) is -0.0603. The predicted molar refractivity (Wildman–Crippen MR) is 151 cm³/mol. The summed E-state index contributed by atoms with van der Waals surface area (Å²) in [5.41, 5.74) is 6.07. The number of hydrogen-bond acceptors (Lipinski definition) is 6. The maximum absolute atomic E-state index is 15.0. The number of aliphatic hydroxyl groups excluding tert-OH is 1. The first kappa shape index (κ1) is 27.4. The van der Waals surface area contributed by atoms with E-state index in [-0.39, 0.29) is 16.4 Å². The van der Waals surface area contributed by atoms with Crippen molar-refractivity contribution in [2.24, 2.45) is 0 Å².